The number of carbonyl (C=O) groups is 1. The summed E-state index contributed by atoms with van der Waals surface area (Å²) >= 11 is 0. The molecule has 8 nitrogen and oxygen atoms in total. The normalized spacial score (nSPS) is 10.9. The number of aromatic carboxylic acids is 1. The first-order chi connectivity index (χ1) is 16.4. The van der Waals surface area contributed by atoms with Gasteiger partial charge in [-0.2, -0.15) is 0 Å². The summed E-state index contributed by atoms with van der Waals surface area (Å²) in [7, 11) is 1.27. The third-order valence-corrected chi connectivity index (χ3v) is 4.93. The van der Waals surface area contributed by atoms with E-state index in [1.54, 1.807) is 36.8 Å². The summed E-state index contributed by atoms with van der Waals surface area (Å²) in [5.41, 5.74) is 2.49. The minimum Gasteiger partial charge on any atom is -0.494 e. The third-order valence-electron chi connectivity index (χ3n) is 4.93. The van der Waals surface area contributed by atoms with Gasteiger partial charge in [-0.1, -0.05) is 24.3 Å². The van der Waals surface area contributed by atoms with E-state index in [9.17, 15) is 19.1 Å². The van der Waals surface area contributed by atoms with E-state index in [4.69, 9.17) is 4.74 Å². The van der Waals surface area contributed by atoms with Gasteiger partial charge < -0.3 is 20.1 Å². The first kappa shape index (κ1) is 22.4. The van der Waals surface area contributed by atoms with Crippen molar-refractivity contribution in [2.75, 3.05) is 12.4 Å². The lowest BCUT2D eigenvalue weighted by Crippen LogP contribution is -2.06. The number of methoxy groups -OCH3 is 1. The van der Waals surface area contributed by atoms with Gasteiger partial charge in [0, 0.05) is 41.0 Å². The lowest BCUT2D eigenvalue weighted by molar-refractivity contribution is 0.0696. The van der Waals surface area contributed by atoms with Crippen molar-refractivity contribution in [2.24, 2.45) is 0 Å². The Morgan fingerprint density at radius 3 is 2.50 bits per heavy atom. The molecule has 4 aromatic rings. The lowest BCUT2D eigenvalue weighted by Gasteiger charge is -2.07. The maximum Gasteiger partial charge on any atom is 0.335 e. The smallest absolute Gasteiger partial charge is 0.335 e. The molecule has 2 heterocycles. The molecule has 0 atom stereocenters. The Balaban J connectivity index is 1.47. The van der Waals surface area contributed by atoms with E-state index in [0.717, 1.165) is 17.3 Å². The molecule has 0 saturated carbocycles. The number of H-pyrrole nitrogens is 1. The summed E-state index contributed by atoms with van der Waals surface area (Å²) < 4.78 is 19.4. The van der Waals surface area contributed by atoms with Gasteiger partial charge in [0.05, 0.1) is 12.7 Å². The van der Waals surface area contributed by atoms with Crippen LogP contribution in [-0.4, -0.2) is 33.1 Å². The average Bonchev–Trinajstić information content (AvgIpc) is 2.85. The van der Waals surface area contributed by atoms with Crippen molar-refractivity contribution in [1.82, 2.24) is 15.0 Å². The first-order valence-corrected chi connectivity index (χ1v) is 10.1. The average molecular weight is 458 g/mol. The number of halogens is 1. The summed E-state index contributed by atoms with van der Waals surface area (Å²) in [4.78, 5) is 34.3. The number of aromatic amines is 1. The van der Waals surface area contributed by atoms with Gasteiger partial charge in [-0.3, -0.25) is 4.79 Å². The van der Waals surface area contributed by atoms with Crippen LogP contribution in [0.3, 0.4) is 0 Å². The molecule has 3 N–H and O–H groups in total. The second-order valence-electron chi connectivity index (χ2n) is 7.18. The molecule has 0 aliphatic rings. The number of anilines is 2. The summed E-state index contributed by atoms with van der Waals surface area (Å²) in [6.45, 7) is 0. The standard InChI is InChI=1S/C25H19FN4O4/c1-34-21-12-18(24(32)33)11-17(22(21)26)5-4-15-13-28-25(29-14-15)30-19-8-6-16(7-9-19)20-3-2-10-27-23(20)31/h2-14H,1H3,(H,27,31)(H,32,33)(H,28,29,30). The number of pyridine rings is 1. The SMILES string of the molecule is COc1cc(C(=O)O)cc(C=Cc2cnc(Nc3ccc(-c4ccc[nH]c4=O)cc3)nc2)c1F. The molecule has 0 bridgehead atoms. The molecular formula is C25H19FN4O4. The third kappa shape index (κ3) is 4.99. The highest BCUT2D eigenvalue weighted by atomic mass is 19.1. The molecule has 170 valence electrons. The molecule has 0 unspecified atom stereocenters. The molecule has 0 radical (unpaired) electrons. The topological polar surface area (TPSA) is 117 Å². The van der Waals surface area contributed by atoms with Crippen LogP contribution in [-0.2, 0) is 0 Å². The van der Waals surface area contributed by atoms with Crippen LogP contribution in [0.5, 0.6) is 5.75 Å². The predicted molar refractivity (Wildman–Crippen MR) is 127 cm³/mol. The largest absolute Gasteiger partial charge is 0.494 e. The molecule has 0 aliphatic heterocycles. The Hall–Kier alpha value is -4.79. The molecule has 0 spiro atoms. The van der Waals surface area contributed by atoms with Gasteiger partial charge in [-0.15, -0.1) is 0 Å². The van der Waals surface area contributed by atoms with E-state index in [1.807, 2.05) is 24.3 Å². The van der Waals surface area contributed by atoms with Crippen LogP contribution in [0.1, 0.15) is 21.5 Å². The van der Waals surface area contributed by atoms with Crippen LogP contribution in [0.4, 0.5) is 16.0 Å². The van der Waals surface area contributed by atoms with Crippen LogP contribution >= 0.6 is 0 Å². The van der Waals surface area contributed by atoms with Crippen molar-refractivity contribution >= 4 is 29.8 Å². The highest BCUT2D eigenvalue weighted by Crippen LogP contribution is 2.25. The predicted octanol–water partition coefficient (Wildman–Crippen LogP) is 4.59. The molecule has 4 rings (SSSR count). The number of rotatable bonds is 7. The van der Waals surface area contributed by atoms with Crippen LogP contribution in [0.25, 0.3) is 23.3 Å². The molecule has 0 fully saturated rings. The molecule has 0 saturated heterocycles. The molecule has 9 heteroatoms. The van der Waals surface area contributed by atoms with Crippen molar-refractivity contribution in [2.45, 2.75) is 0 Å². The number of aromatic nitrogens is 3. The van der Waals surface area contributed by atoms with E-state index in [1.165, 1.54) is 19.3 Å². The summed E-state index contributed by atoms with van der Waals surface area (Å²) in [6, 6.07) is 13.1. The molecular weight excluding hydrogens is 439 g/mol. The van der Waals surface area contributed by atoms with Crippen LogP contribution in [0.15, 0.2) is 71.9 Å². The maximum absolute atomic E-state index is 14.5. The zero-order valence-corrected chi connectivity index (χ0v) is 17.9. The Labute approximate surface area is 193 Å². The fourth-order valence-electron chi connectivity index (χ4n) is 3.20. The Bertz CT molecular complexity index is 1410. The molecule has 34 heavy (non-hydrogen) atoms. The summed E-state index contributed by atoms with van der Waals surface area (Å²) in [6.07, 6.45) is 7.66. The van der Waals surface area contributed by atoms with Gasteiger partial charge in [0.1, 0.15) is 0 Å². The van der Waals surface area contributed by atoms with Crippen molar-refractivity contribution < 1.29 is 19.0 Å². The van der Waals surface area contributed by atoms with E-state index < -0.39 is 11.8 Å². The monoisotopic (exact) mass is 458 g/mol. The van der Waals surface area contributed by atoms with Crippen molar-refractivity contribution in [3.05, 3.63) is 100.0 Å². The number of nitrogens with one attached hydrogen (secondary N) is 2. The Morgan fingerprint density at radius 1 is 1.12 bits per heavy atom. The summed E-state index contributed by atoms with van der Waals surface area (Å²) in [5, 5.41) is 12.3. The molecule has 2 aromatic heterocycles. The number of carboxylic acids is 1. The lowest BCUT2D eigenvalue weighted by atomic mass is 10.1. The van der Waals surface area contributed by atoms with Crippen molar-refractivity contribution in [3.63, 3.8) is 0 Å². The fourth-order valence-corrected chi connectivity index (χ4v) is 3.20. The zero-order chi connectivity index (χ0) is 24.1. The van der Waals surface area contributed by atoms with E-state index in [0.29, 0.717) is 17.1 Å². The number of hydrogen-bond acceptors (Lipinski definition) is 6. The van der Waals surface area contributed by atoms with E-state index >= 15 is 0 Å². The Morgan fingerprint density at radius 2 is 1.85 bits per heavy atom. The van der Waals surface area contributed by atoms with Gasteiger partial charge in [0.15, 0.2) is 11.6 Å². The number of benzene rings is 2. The van der Waals surface area contributed by atoms with Gasteiger partial charge in [0.2, 0.25) is 5.95 Å². The van der Waals surface area contributed by atoms with E-state index in [2.05, 4.69) is 20.3 Å². The second kappa shape index (κ2) is 9.78. The number of ether oxygens (including phenoxy) is 1. The minimum absolute atomic E-state index is 0.0660. The summed E-state index contributed by atoms with van der Waals surface area (Å²) in [5.74, 6) is -1.65. The number of nitrogens with zero attached hydrogens (tertiary/aromatic N) is 2. The van der Waals surface area contributed by atoms with Gasteiger partial charge in [-0.25, -0.2) is 19.2 Å². The molecule has 0 aliphatic carbocycles. The fraction of sp³-hybridized carbons (Fsp3) is 0.0400. The Kier molecular flexibility index (Phi) is 6.45. The highest BCUT2D eigenvalue weighted by molar-refractivity contribution is 5.89. The van der Waals surface area contributed by atoms with Crippen molar-refractivity contribution in [3.8, 4) is 16.9 Å². The molecule has 2 aromatic carbocycles. The van der Waals surface area contributed by atoms with Crippen molar-refractivity contribution in [1.29, 1.82) is 0 Å². The highest BCUT2D eigenvalue weighted by Gasteiger charge is 2.13. The van der Waals surface area contributed by atoms with Crippen LogP contribution < -0.4 is 15.6 Å². The van der Waals surface area contributed by atoms with E-state index in [-0.39, 0.29) is 22.4 Å². The maximum atomic E-state index is 14.5. The molecule has 0 amide bonds. The van der Waals surface area contributed by atoms with Gasteiger partial charge in [-0.05, 0) is 42.0 Å². The van der Waals surface area contributed by atoms with Crippen LogP contribution in [0.2, 0.25) is 0 Å². The quantitative estimate of drug-likeness (QED) is 0.371. The second-order valence-corrected chi connectivity index (χ2v) is 7.18. The zero-order valence-electron chi connectivity index (χ0n) is 17.9. The minimum atomic E-state index is -1.18. The first-order valence-electron chi connectivity index (χ1n) is 10.1. The van der Waals surface area contributed by atoms with Crippen LogP contribution in [0, 0.1) is 5.82 Å². The number of carboxylic acid groups (broad SMARTS) is 1. The van der Waals surface area contributed by atoms with Gasteiger partial charge >= 0.3 is 5.97 Å². The van der Waals surface area contributed by atoms with Gasteiger partial charge in [0.25, 0.3) is 5.56 Å². The number of hydrogen-bond donors (Lipinski definition) is 3.